The summed E-state index contributed by atoms with van der Waals surface area (Å²) >= 11 is 7.57. The molecule has 0 saturated carbocycles. The minimum Gasteiger partial charge on any atom is -0.508 e. The van der Waals surface area contributed by atoms with Crippen LogP contribution in [0.15, 0.2) is 78.9 Å². The fraction of sp³-hybridized carbons (Fsp3) is 0.136. The molecule has 1 atom stereocenters. The summed E-state index contributed by atoms with van der Waals surface area (Å²) in [5.41, 5.74) is 2.94. The Morgan fingerprint density at radius 1 is 0.926 bits per heavy atom. The molecule has 3 rings (SSSR count). The highest BCUT2D eigenvalue weighted by Crippen LogP contribution is 2.35. The molecule has 0 radical (unpaired) electrons. The van der Waals surface area contributed by atoms with E-state index in [1.165, 1.54) is 0 Å². The summed E-state index contributed by atoms with van der Waals surface area (Å²) in [7, 11) is 0. The minimum atomic E-state index is -0.0712. The highest BCUT2D eigenvalue weighted by molar-refractivity contribution is 8.00. The molecule has 0 heterocycles. The quantitative estimate of drug-likeness (QED) is 0.577. The lowest BCUT2D eigenvalue weighted by Gasteiger charge is -2.18. The summed E-state index contributed by atoms with van der Waals surface area (Å²) in [4.78, 5) is 12.3. The summed E-state index contributed by atoms with van der Waals surface area (Å²) in [5, 5.41) is 13.4. The van der Waals surface area contributed by atoms with Crippen molar-refractivity contribution in [3.8, 4) is 5.75 Å². The second-order valence-electron chi connectivity index (χ2n) is 6.06. The molecule has 0 saturated heterocycles. The number of nitrogens with one attached hydrogen (secondary N) is 1. The minimum absolute atomic E-state index is 0.0411. The molecular weight excluding hydrogens is 378 g/mol. The lowest BCUT2D eigenvalue weighted by Crippen LogP contribution is -2.25. The van der Waals surface area contributed by atoms with Gasteiger partial charge in [0, 0.05) is 17.1 Å². The van der Waals surface area contributed by atoms with E-state index in [0.717, 1.165) is 11.1 Å². The molecule has 27 heavy (non-hydrogen) atoms. The van der Waals surface area contributed by atoms with E-state index in [-0.39, 0.29) is 16.9 Å². The molecule has 1 unspecified atom stereocenters. The van der Waals surface area contributed by atoms with Crippen LogP contribution in [0.2, 0.25) is 5.02 Å². The zero-order valence-corrected chi connectivity index (χ0v) is 16.2. The molecule has 0 aliphatic rings. The molecule has 5 heteroatoms. The van der Waals surface area contributed by atoms with Crippen molar-refractivity contribution in [2.75, 3.05) is 5.75 Å². The molecule has 0 fully saturated rings. The smallest absolute Gasteiger partial charge is 0.230 e. The van der Waals surface area contributed by atoms with Crippen molar-refractivity contribution in [1.29, 1.82) is 0 Å². The predicted octanol–water partition coefficient (Wildman–Crippen LogP) is 5.18. The Bertz CT molecular complexity index is 884. The Kier molecular flexibility index (Phi) is 6.80. The summed E-state index contributed by atoms with van der Waals surface area (Å²) < 4.78 is 0. The van der Waals surface area contributed by atoms with Crippen LogP contribution in [-0.2, 0) is 11.3 Å². The van der Waals surface area contributed by atoms with Crippen LogP contribution in [0.4, 0.5) is 0 Å². The van der Waals surface area contributed by atoms with E-state index >= 15 is 0 Å². The van der Waals surface area contributed by atoms with Crippen molar-refractivity contribution in [2.24, 2.45) is 0 Å². The number of aromatic hydroxyl groups is 1. The number of para-hydroxylation sites is 1. The van der Waals surface area contributed by atoms with Gasteiger partial charge in [0.25, 0.3) is 0 Å². The number of hydrogen-bond donors (Lipinski definition) is 2. The lowest BCUT2D eigenvalue weighted by molar-refractivity contribution is -0.118. The largest absolute Gasteiger partial charge is 0.508 e. The summed E-state index contributed by atoms with van der Waals surface area (Å²) in [6, 6.07) is 24.8. The molecule has 138 valence electrons. The second-order valence-corrected chi connectivity index (χ2v) is 7.59. The van der Waals surface area contributed by atoms with E-state index in [1.54, 1.807) is 30.0 Å². The van der Waals surface area contributed by atoms with Gasteiger partial charge < -0.3 is 10.4 Å². The van der Waals surface area contributed by atoms with E-state index in [1.807, 2.05) is 48.5 Å². The van der Waals surface area contributed by atoms with E-state index in [2.05, 4.69) is 17.4 Å². The third-order valence-electron chi connectivity index (χ3n) is 4.12. The molecule has 0 aliphatic heterocycles. The molecule has 0 bridgehead atoms. The van der Waals surface area contributed by atoms with Crippen molar-refractivity contribution in [3.05, 3.63) is 101 Å². The maximum absolute atomic E-state index is 12.3. The Morgan fingerprint density at radius 2 is 1.56 bits per heavy atom. The molecule has 1 amide bonds. The maximum Gasteiger partial charge on any atom is 0.230 e. The predicted molar refractivity (Wildman–Crippen MR) is 112 cm³/mol. The van der Waals surface area contributed by atoms with E-state index in [4.69, 9.17) is 11.6 Å². The highest BCUT2D eigenvalue weighted by Gasteiger charge is 2.16. The van der Waals surface area contributed by atoms with Gasteiger partial charge in [0.05, 0.1) is 11.0 Å². The Morgan fingerprint density at radius 3 is 2.26 bits per heavy atom. The lowest BCUT2D eigenvalue weighted by atomic mass is 10.0. The van der Waals surface area contributed by atoms with Gasteiger partial charge in [-0.2, -0.15) is 0 Å². The Labute approximate surface area is 168 Å². The van der Waals surface area contributed by atoms with Crippen molar-refractivity contribution in [3.63, 3.8) is 0 Å². The topological polar surface area (TPSA) is 49.3 Å². The van der Waals surface area contributed by atoms with Crippen LogP contribution >= 0.6 is 23.4 Å². The van der Waals surface area contributed by atoms with Crippen LogP contribution in [0.5, 0.6) is 5.75 Å². The number of halogens is 1. The maximum atomic E-state index is 12.3. The summed E-state index contributed by atoms with van der Waals surface area (Å²) in [5.74, 6) is 0.433. The number of phenolic OH excluding ortho intramolecular Hbond substituents is 1. The first-order chi connectivity index (χ1) is 13.1. The number of amides is 1. The number of rotatable bonds is 7. The third-order valence-corrected chi connectivity index (χ3v) is 5.68. The van der Waals surface area contributed by atoms with Crippen molar-refractivity contribution < 1.29 is 9.90 Å². The van der Waals surface area contributed by atoms with Crippen LogP contribution in [0.25, 0.3) is 0 Å². The molecule has 3 nitrogen and oxygen atoms in total. The summed E-state index contributed by atoms with van der Waals surface area (Å²) in [6.07, 6.45) is 0. The highest BCUT2D eigenvalue weighted by atomic mass is 35.5. The summed E-state index contributed by atoms with van der Waals surface area (Å²) in [6.45, 7) is 0.309. The third kappa shape index (κ3) is 5.52. The molecule has 0 aromatic heterocycles. The van der Waals surface area contributed by atoms with Gasteiger partial charge in [0.15, 0.2) is 0 Å². The van der Waals surface area contributed by atoms with Crippen molar-refractivity contribution in [1.82, 2.24) is 5.32 Å². The van der Waals surface area contributed by atoms with Gasteiger partial charge in [-0.25, -0.2) is 0 Å². The molecule has 2 N–H and O–H groups in total. The van der Waals surface area contributed by atoms with Gasteiger partial charge in [0.1, 0.15) is 5.75 Å². The van der Waals surface area contributed by atoms with E-state index in [9.17, 15) is 9.90 Å². The van der Waals surface area contributed by atoms with E-state index < -0.39 is 0 Å². The van der Waals surface area contributed by atoms with Gasteiger partial charge in [-0.15, -0.1) is 11.8 Å². The fourth-order valence-corrected chi connectivity index (χ4v) is 3.96. The zero-order chi connectivity index (χ0) is 19.1. The standard InChI is InChI=1S/C22H20ClNO2S/c23-19-12-10-17(11-13-19)22(16-6-2-1-3-7-16)27-15-21(26)24-14-18-8-4-5-9-20(18)25/h1-13,22,25H,14-15H2,(H,24,26). The number of carbonyl (C=O) groups is 1. The monoisotopic (exact) mass is 397 g/mol. The van der Waals surface area contributed by atoms with Crippen molar-refractivity contribution >= 4 is 29.3 Å². The van der Waals surface area contributed by atoms with Crippen LogP contribution in [0, 0.1) is 0 Å². The van der Waals surface area contributed by atoms with Gasteiger partial charge >= 0.3 is 0 Å². The average Bonchev–Trinajstić information content (AvgIpc) is 2.69. The Hall–Kier alpha value is -2.43. The van der Waals surface area contributed by atoms with E-state index in [0.29, 0.717) is 22.9 Å². The normalized spacial score (nSPS) is 11.7. The molecular formula is C22H20ClNO2S. The molecule has 0 spiro atoms. The average molecular weight is 398 g/mol. The van der Waals surface area contributed by atoms with Crippen LogP contribution in [-0.4, -0.2) is 16.8 Å². The van der Waals surface area contributed by atoms with Crippen molar-refractivity contribution in [2.45, 2.75) is 11.8 Å². The number of thioether (sulfide) groups is 1. The number of hydrogen-bond acceptors (Lipinski definition) is 3. The van der Waals surface area contributed by atoms with Gasteiger partial charge in [-0.05, 0) is 29.3 Å². The van der Waals surface area contributed by atoms with Crippen LogP contribution in [0.3, 0.4) is 0 Å². The van der Waals surface area contributed by atoms with Crippen LogP contribution in [0.1, 0.15) is 21.9 Å². The SMILES string of the molecule is O=C(CSC(c1ccccc1)c1ccc(Cl)cc1)NCc1ccccc1O. The number of benzene rings is 3. The fourth-order valence-electron chi connectivity index (χ4n) is 2.71. The second kappa shape index (κ2) is 9.49. The van der Waals surface area contributed by atoms with Gasteiger partial charge in [-0.1, -0.05) is 72.3 Å². The van der Waals surface area contributed by atoms with Gasteiger partial charge in [0.2, 0.25) is 5.91 Å². The first-order valence-corrected chi connectivity index (χ1v) is 10.0. The molecule has 3 aromatic carbocycles. The first-order valence-electron chi connectivity index (χ1n) is 8.59. The van der Waals surface area contributed by atoms with Gasteiger partial charge in [-0.3, -0.25) is 4.79 Å². The Balaban J connectivity index is 1.65. The zero-order valence-electron chi connectivity index (χ0n) is 14.6. The molecule has 3 aromatic rings. The first kappa shape index (κ1) is 19.3. The number of phenols is 1. The molecule has 0 aliphatic carbocycles. The van der Waals surface area contributed by atoms with Crippen LogP contribution < -0.4 is 5.32 Å². The number of carbonyl (C=O) groups excluding carboxylic acids is 1.